The number of sulfone groups is 1. The summed E-state index contributed by atoms with van der Waals surface area (Å²) in [7, 11) is -3.36. The maximum atomic E-state index is 12.6. The number of aromatic nitrogens is 1. The van der Waals surface area contributed by atoms with Gasteiger partial charge in [0.2, 0.25) is 0 Å². The maximum absolute atomic E-state index is 12.6. The van der Waals surface area contributed by atoms with Crippen molar-refractivity contribution < 1.29 is 13.2 Å². The van der Waals surface area contributed by atoms with Crippen LogP contribution in [0.5, 0.6) is 0 Å². The Hall–Kier alpha value is -2.60. The number of nitrogens with zero attached hydrogens (tertiary/aromatic N) is 1. The lowest BCUT2D eigenvalue weighted by atomic mass is 10.1. The number of rotatable bonds is 4. The Morgan fingerprint density at radius 3 is 2.56 bits per heavy atom. The molecule has 5 nitrogen and oxygen atoms in total. The standard InChI is InChI=1S/C19H20N2O3S/c1-4-21-10-9-14-11-15(6-8-18(14)21)20-19(22)17-12-16(25(3,23)24)7-5-13(17)2/h5-12H,4H2,1-3H3,(H,20,22). The summed E-state index contributed by atoms with van der Waals surface area (Å²) in [6, 6.07) is 12.3. The van der Waals surface area contributed by atoms with Gasteiger partial charge in [0.1, 0.15) is 0 Å². The van der Waals surface area contributed by atoms with Gasteiger partial charge in [0.25, 0.3) is 5.91 Å². The summed E-state index contributed by atoms with van der Waals surface area (Å²) in [6.45, 7) is 4.74. The average Bonchev–Trinajstić information content (AvgIpc) is 2.96. The lowest BCUT2D eigenvalue weighted by Gasteiger charge is -2.10. The molecule has 0 unspecified atom stereocenters. The molecule has 6 heteroatoms. The molecular weight excluding hydrogens is 336 g/mol. The zero-order chi connectivity index (χ0) is 18.2. The highest BCUT2D eigenvalue weighted by Gasteiger charge is 2.15. The van der Waals surface area contributed by atoms with Crippen LogP contribution in [0, 0.1) is 6.92 Å². The van der Waals surface area contributed by atoms with Gasteiger partial charge in [-0.05, 0) is 55.8 Å². The molecule has 0 radical (unpaired) electrons. The third-order valence-corrected chi connectivity index (χ3v) is 5.36. The van der Waals surface area contributed by atoms with E-state index in [1.54, 1.807) is 13.0 Å². The number of hydrogen-bond acceptors (Lipinski definition) is 3. The van der Waals surface area contributed by atoms with Crippen LogP contribution in [0.4, 0.5) is 5.69 Å². The molecule has 0 aliphatic carbocycles. The quantitative estimate of drug-likeness (QED) is 0.776. The zero-order valence-electron chi connectivity index (χ0n) is 14.4. The first-order valence-electron chi connectivity index (χ1n) is 8.00. The highest BCUT2D eigenvalue weighted by Crippen LogP contribution is 2.22. The summed E-state index contributed by atoms with van der Waals surface area (Å²) in [5.41, 5.74) is 2.86. The van der Waals surface area contributed by atoms with Crippen molar-refractivity contribution in [2.75, 3.05) is 11.6 Å². The summed E-state index contributed by atoms with van der Waals surface area (Å²) in [5.74, 6) is -0.322. The van der Waals surface area contributed by atoms with Gasteiger partial charge >= 0.3 is 0 Å². The fourth-order valence-corrected chi connectivity index (χ4v) is 3.48. The van der Waals surface area contributed by atoms with E-state index < -0.39 is 9.84 Å². The Bertz CT molecular complexity index is 1070. The molecule has 0 bridgehead atoms. The molecule has 1 heterocycles. The van der Waals surface area contributed by atoms with Crippen LogP contribution in [-0.2, 0) is 16.4 Å². The lowest BCUT2D eigenvalue weighted by molar-refractivity contribution is 0.102. The molecule has 3 aromatic rings. The van der Waals surface area contributed by atoms with E-state index in [1.807, 2.05) is 30.5 Å². The number of carbonyl (C=O) groups excluding carboxylic acids is 1. The van der Waals surface area contributed by atoms with E-state index in [4.69, 9.17) is 0 Å². The van der Waals surface area contributed by atoms with Crippen molar-refractivity contribution in [3.63, 3.8) is 0 Å². The van der Waals surface area contributed by atoms with Crippen LogP contribution in [0.1, 0.15) is 22.8 Å². The van der Waals surface area contributed by atoms with Crippen LogP contribution in [0.3, 0.4) is 0 Å². The first-order valence-corrected chi connectivity index (χ1v) is 9.89. The molecule has 2 aromatic carbocycles. The molecule has 0 fully saturated rings. The zero-order valence-corrected chi connectivity index (χ0v) is 15.2. The Labute approximate surface area is 147 Å². The van der Waals surface area contributed by atoms with E-state index in [2.05, 4.69) is 16.8 Å². The largest absolute Gasteiger partial charge is 0.348 e. The van der Waals surface area contributed by atoms with Gasteiger partial charge in [-0.3, -0.25) is 4.79 Å². The number of hydrogen-bond donors (Lipinski definition) is 1. The van der Waals surface area contributed by atoms with E-state index in [0.29, 0.717) is 11.3 Å². The number of anilines is 1. The molecule has 0 saturated heterocycles. The molecule has 0 aliphatic rings. The highest BCUT2D eigenvalue weighted by atomic mass is 32.2. The summed E-state index contributed by atoms with van der Waals surface area (Å²) in [6.07, 6.45) is 3.14. The Balaban J connectivity index is 1.92. The van der Waals surface area contributed by atoms with Crippen molar-refractivity contribution >= 4 is 32.3 Å². The third-order valence-electron chi connectivity index (χ3n) is 4.25. The van der Waals surface area contributed by atoms with Crippen LogP contribution < -0.4 is 5.32 Å². The molecule has 1 aromatic heterocycles. The van der Waals surface area contributed by atoms with Gasteiger partial charge in [-0.15, -0.1) is 0 Å². The second kappa shape index (κ2) is 6.37. The molecule has 0 atom stereocenters. The van der Waals surface area contributed by atoms with Gasteiger partial charge < -0.3 is 9.88 Å². The van der Waals surface area contributed by atoms with Gasteiger partial charge in [0, 0.05) is 41.2 Å². The number of nitrogens with one attached hydrogen (secondary N) is 1. The predicted molar refractivity (Wildman–Crippen MR) is 99.9 cm³/mol. The molecule has 3 rings (SSSR count). The van der Waals surface area contributed by atoms with Crippen LogP contribution >= 0.6 is 0 Å². The van der Waals surface area contributed by atoms with Gasteiger partial charge in [-0.2, -0.15) is 0 Å². The minimum absolute atomic E-state index is 0.138. The minimum Gasteiger partial charge on any atom is -0.348 e. The topological polar surface area (TPSA) is 68.2 Å². The predicted octanol–water partition coefficient (Wildman–Crippen LogP) is 3.63. The summed E-state index contributed by atoms with van der Waals surface area (Å²) in [4.78, 5) is 12.7. The lowest BCUT2D eigenvalue weighted by Crippen LogP contribution is -2.14. The van der Waals surface area contributed by atoms with E-state index in [1.165, 1.54) is 12.1 Å². The van der Waals surface area contributed by atoms with Crippen LogP contribution in [0.25, 0.3) is 10.9 Å². The number of amides is 1. The van der Waals surface area contributed by atoms with E-state index in [0.717, 1.165) is 29.3 Å². The molecular formula is C19H20N2O3S. The molecule has 130 valence electrons. The van der Waals surface area contributed by atoms with E-state index in [-0.39, 0.29) is 10.8 Å². The number of aryl methyl sites for hydroxylation is 2. The van der Waals surface area contributed by atoms with Gasteiger partial charge in [0.05, 0.1) is 4.90 Å². The molecule has 1 amide bonds. The fourth-order valence-electron chi connectivity index (χ4n) is 2.83. The maximum Gasteiger partial charge on any atom is 0.255 e. The number of carbonyl (C=O) groups is 1. The minimum atomic E-state index is -3.36. The third kappa shape index (κ3) is 3.44. The van der Waals surface area contributed by atoms with Crippen molar-refractivity contribution in [2.45, 2.75) is 25.3 Å². The second-order valence-electron chi connectivity index (χ2n) is 6.08. The summed E-state index contributed by atoms with van der Waals surface area (Å²) in [5, 5.41) is 3.90. The Morgan fingerprint density at radius 1 is 1.12 bits per heavy atom. The van der Waals surface area contributed by atoms with Crippen LogP contribution in [0.15, 0.2) is 53.6 Å². The van der Waals surface area contributed by atoms with Crippen molar-refractivity contribution in [2.24, 2.45) is 0 Å². The molecule has 1 N–H and O–H groups in total. The van der Waals surface area contributed by atoms with Crippen LogP contribution in [-0.4, -0.2) is 25.1 Å². The number of benzene rings is 2. The number of fused-ring (bicyclic) bond motifs is 1. The first kappa shape index (κ1) is 17.2. The fraction of sp³-hybridized carbons (Fsp3) is 0.211. The van der Waals surface area contributed by atoms with Crippen molar-refractivity contribution in [1.82, 2.24) is 4.57 Å². The second-order valence-corrected chi connectivity index (χ2v) is 8.09. The molecule has 25 heavy (non-hydrogen) atoms. The average molecular weight is 356 g/mol. The molecule has 0 saturated carbocycles. The van der Waals surface area contributed by atoms with Crippen molar-refractivity contribution in [3.05, 3.63) is 59.8 Å². The van der Waals surface area contributed by atoms with Gasteiger partial charge in [-0.1, -0.05) is 6.07 Å². The molecule has 0 aliphatic heterocycles. The van der Waals surface area contributed by atoms with Crippen LogP contribution in [0.2, 0.25) is 0 Å². The Kier molecular flexibility index (Phi) is 4.39. The normalized spacial score (nSPS) is 11.6. The van der Waals surface area contributed by atoms with E-state index in [9.17, 15) is 13.2 Å². The smallest absolute Gasteiger partial charge is 0.255 e. The summed E-state index contributed by atoms with van der Waals surface area (Å²) >= 11 is 0. The monoisotopic (exact) mass is 356 g/mol. The highest BCUT2D eigenvalue weighted by molar-refractivity contribution is 7.90. The van der Waals surface area contributed by atoms with Gasteiger partial charge in [-0.25, -0.2) is 8.42 Å². The van der Waals surface area contributed by atoms with Gasteiger partial charge in [0.15, 0.2) is 9.84 Å². The van der Waals surface area contributed by atoms with Crippen molar-refractivity contribution in [3.8, 4) is 0 Å². The SMILES string of the molecule is CCn1ccc2cc(NC(=O)c3cc(S(C)(=O)=O)ccc3C)ccc21. The molecule has 0 spiro atoms. The van der Waals surface area contributed by atoms with Crippen molar-refractivity contribution in [1.29, 1.82) is 0 Å². The van der Waals surface area contributed by atoms with E-state index >= 15 is 0 Å². The first-order chi connectivity index (χ1) is 11.8. The Morgan fingerprint density at radius 2 is 1.88 bits per heavy atom. The summed E-state index contributed by atoms with van der Waals surface area (Å²) < 4.78 is 25.6.